The van der Waals surface area contributed by atoms with Gasteiger partial charge in [-0.25, -0.2) is 4.79 Å². The molecule has 2 aliphatic rings. The summed E-state index contributed by atoms with van der Waals surface area (Å²) in [7, 11) is 0. The van der Waals surface area contributed by atoms with E-state index in [-0.39, 0.29) is 18.0 Å². The van der Waals surface area contributed by atoms with E-state index in [0.29, 0.717) is 17.0 Å². The Bertz CT molecular complexity index is 1130. The number of urea groups is 1. The first kappa shape index (κ1) is 18.9. The third kappa shape index (κ3) is 2.82. The van der Waals surface area contributed by atoms with Crippen LogP contribution in [0.2, 0.25) is 0 Å². The molecule has 2 bridgehead atoms. The minimum absolute atomic E-state index is 0.268. The van der Waals surface area contributed by atoms with Gasteiger partial charge in [0, 0.05) is 17.7 Å². The molecular formula is C24H22N2O3S. The standard InChI is InChI=1S/C24H22N2O3S/c1-3-16-8-6-9-17(14-16)26-23(28)25(22(27)21-12-7-13-30-21)19-15-24(26,2)29-20-11-5-4-10-18(19)20/h4-14,19H,3,15H2,1-2H3/t19-,24+/m0/s1. The second kappa shape index (κ2) is 6.99. The lowest BCUT2D eigenvalue weighted by atomic mass is 9.88. The zero-order valence-electron chi connectivity index (χ0n) is 16.9. The Hall–Kier alpha value is -3.12. The number of hydrogen-bond donors (Lipinski definition) is 0. The summed E-state index contributed by atoms with van der Waals surface area (Å²) in [6, 6.07) is 18.4. The molecule has 1 fully saturated rings. The van der Waals surface area contributed by atoms with Crippen molar-refractivity contribution in [3.05, 3.63) is 82.0 Å². The van der Waals surface area contributed by atoms with Crippen molar-refractivity contribution >= 4 is 29.0 Å². The maximum Gasteiger partial charge on any atom is 0.335 e. The smallest absolute Gasteiger partial charge is 0.335 e. The van der Waals surface area contributed by atoms with E-state index in [9.17, 15) is 9.59 Å². The van der Waals surface area contributed by atoms with Crippen LogP contribution in [0.4, 0.5) is 10.5 Å². The number of fused-ring (bicyclic) bond motifs is 4. The maximum absolute atomic E-state index is 13.8. The molecule has 3 amide bonds. The first-order chi connectivity index (χ1) is 14.5. The molecule has 2 aliphatic heterocycles. The molecule has 0 radical (unpaired) electrons. The minimum atomic E-state index is -0.880. The monoisotopic (exact) mass is 418 g/mol. The van der Waals surface area contributed by atoms with Crippen molar-refractivity contribution in [3.8, 4) is 5.75 Å². The van der Waals surface area contributed by atoms with Gasteiger partial charge in [0.2, 0.25) is 0 Å². The van der Waals surface area contributed by atoms with Crippen LogP contribution in [0.1, 0.15) is 47.1 Å². The van der Waals surface area contributed by atoms with E-state index in [2.05, 4.69) is 6.92 Å². The second-order valence-corrected chi connectivity index (χ2v) is 8.78. The summed E-state index contributed by atoms with van der Waals surface area (Å²) in [4.78, 5) is 30.9. The number of benzene rings is 2. The number of para-hydroxylation sites is 1. The van der Waals surface area contributed by atoms with Crippen molar-refractivity contribution < 1.29 is 14.3 Å². The zero-order valence-corrected chi connectivity index (χ0v) is 17.7. The van der Waals surface area contributed by atoms with Crippen LogP contribution in [0.5, 0.6) is 5.75 Å². The summed E-state index contributed by atoms with van der Waals surface area (Å²) in [6.45, 7) is 4.01. The summed E-state index contributed by atoms with van der Waals surface area (Å²) in [6.07, 6.45) is 1.36. The van der Waals surface area contributed by atoms with Crippen LogP contribution < -0.4 is 9.64 Å². The fourth-order valence-corrected chi connectivity index (χ4v) is 5.11. The number of imide groups is 1. The molecule has 0 saturated carbocycles. The number of hydrogen-bond acceptors (Lipinski definition) is 4. The van der Waals surface area contributed by atoms with Crippen LogP contribution >= 0.6 is 11.3 Å². The van der Waals surface area contributed by atoms with Crippen LogP contribution in [0.15, 0.2) is 66.0 Å². The van der Waals surface area contributed by atoms with Gasteiger partial charge < -0.3 is 4.74 Å². The molecule has 0 N–H and O–H groups in total. The predicted molar refractivity (Wildman–Crippen MR) is 117 cm³/mol. The molecule has 2 atom stereocenters. The molecule has 2 aromatic carbocycles. The van der Waals surface area contributed by atoms with Crippen molar-refractivity contribution in [1.82, 2.24) is 4.90 Å². The van der Waals surface area contributed by atoms with E-state index < -0.39 is 5.72 Å². The number of thiophene rings is 1. The molecule has 6 heteroatoms. The van der Waals surface area contributed by atoms with Crippen molar-refractivity contribution in [1.29, 1.82) is 0 Å². The Morgan fingerprint density at radius 2 is 2.00 bits per heavy atom. The highest BCUT2D eigenvalue weighted by molar-refractivity contribution is 7.12. The van der Waals surface area contributed by atoms with Gasteiger partial charge in [0.25, 0.3) is 5.91 Å². The second-order valence-electron chi connectivity index (χ2n) is 7.83. The molecule has 0 aliphatic carbocycles. The third-order valence-corrected chi connectivity index (χ3v) is 6.75. The number of anilines is 1. The van der Waals surface area contributed by atoms with Crippen LogP contribution in [-0.2, 0) is 6.42 Å². The molecule has 152 valence electrons. The predicted octanol–water partition coefficient (Wildman–Crippen LogP) is 5.63. The van der Waals surface area contributed by atoms with Crippen LogP contribution in [0.25, 0.3) is 0 Å². The van der Waals surface area contributed by atoms with E-state index in [1.807, 2.05) is 66.9 Å². The van der Waals surface area contributed by atoms with E-state index in [4.69, 9.17) is 4.74 Å². The van der Waals surface area contributed by atoms with Gasteiger partial charge in [0.05, 0.1) is 10.9 Å². The van der Waals surface area contributed by atoms with Gasteiger partial charge in [0.15, 0.2) is 5.72 Å². The fourth-order valence-electron chi connectivity index (χ4n) is 4.45. The van der Waals surface area contributed by atoms with Gasteiger partial charge in [-0.2, -0.15) is 0 Å². The highest BCUT2D eigenvalue weighted by Gasteiger charge is 2.55. The number of amides is 3. The lowest BCUT2D eigenvalue weighted by Gasteiger charge is -2.53. The highest BCUT2D eigenvalue weighted by Crippen LogP contribution is 2.49. The molecular weight excluding hydrogens is 396 g/mol. The van der Waals surface area contributed by atoms with Crippen LogP contribution in [0.3, 0.4) is 0 Å². The fraction of sp³-hybridized carbons (Fsp3) is 0.250. The maximum atomic E-state index is 13.8. The molecule has 1 saturated heterocycles. The van der Waals surface area contributed by atoms with Gasteiger partial charge in [-0.05, 0) is 48.6 Å². The minimum Gasteiger partial charge on any atom is -0.467 e. The Kier molecular flexibility index (Phi) is 4.40. The molecule has 1 aromatic heterocycles. The number of carbonyl (C=O) groups is 2. The number of nitrogens with zero attached hydrogens (tertiary/aromatic N) is 2. The van der Waals surface area contributed by atoms with Gasteiger partial charge in [-0.15, -0.1) is 11.3 Å². The molecule has 0 unspecified atom stereocenters. The van der Waals surface area contributed by atoms with E-state index >= 15 is 0 Å². The van der Waals surface area contributed by atoms with E-state index in [0.717, 1.165) is 23.2 Å². The molecule has 5 rings (SSSR count). The number of ether oxygens (including phenoxy) is 1. The first-order valence-electron chi connectivity index (χ1n) is 10.1. The Morgan fingerprint density at radius 3 is 2.77 bits per heavy atom. The average Bonchev–Trinajstić information content (AvgIpc) is 3.28. The normalized spacial score (nSPS) is 22.5. The topological polar surface area (TPSA) is 49.9 Å². The zero-order chi connectivity index (χ0) is 20.9. The van der Waals surface area contributed by atoms with Crippen molar-refractivity contribution in [2.75, 3.05) is 4.90 Å². The van der Waals surface area contributed by atoms with E-state index in [1.165, 1.54) is 16.2 Å². The molecule has 3 aromatic rings. The summed E-state index contributed by atoms with van der Waals surface area (Å²) < 4.78 is 6.39. The summed E-state index contributed by atoms with van der Waals surface area (Å²) in [5, 5.41) is 1.85. The molecule has 0 spiro atoms. The van der Waals surface area contributed by atoms with Gasteiger partial charge in [-0.1, -0.05) is 43.3 Å². The van der Waals surface area contributed by atoms with Crippen molar-refractivity contribution in [3.63, 3.8) is 0 Å². The SMILES string of the molecule is CCc1cccc(N2C(=O)N(C(=O)c3cccs3)[C@H]3C[C@@]2(C)Oc2ccccc23)c1. The summed E-state index contributed by atoms with van der Waals surface area (Å²) in [5.41, 5.74) is 1.85. The van der Waals surface area contributed by atoms with Crippen molar-refractivity contribution in [2.24, 2.45) is 0 Å². The summed E-state index contributed by atoms with van der Waals surface area (Å²) in [5.74, 6) is 0.444. The first-order valence-corrected chi connectivity index (χ1v) is 11.0. The largest absolute Gasteiger partial charge is 0.467 e. The lowest BCUT2D eigenvalue weighted by molar-refractivity contribution is 0.00283. The van der Waals surface area contributed by atoms with Crippen LogP contribution in [-0.4, -0.2) is 22.6 Å². The van der Waals surface area contributed by atoms with Gasteiger partial charge in [-0.3, -0.25) is 14.6 Å². The molecule has 3 heterocycles. The number of rotatable bonds is 3. The van der Waals surface area contributed by atoms with Crippen LogP contribution in [0, 0.1) is 0 Å². The van der Waals surface area contributed by atoms with E-state index in [1.54, 1.807) is 11.0 Å². The average molecular weight is 419 g/mol. The quantitative estimate of drug-likeness (QED) is 0.554. The summed E-state index contributed by atoms with van der Waals surface area (Å²) >= 11 is 1.35. The number of aryl methyl sites for hydroxylation is 1. The van der Waals surface area contributed by atoms with Crippen molar-refractivity contribution in [2.45, 2.75) is 38.5 Å². The third-order valence-electron chi connectivity index (χ3n) is 5.89. The number of carbonyl (C=O) groups excluding carboxylic acids is 2. The lowest BCUT2D eigenvalue weighted by Crippen LogP contribution is -2.67. The molecule has 30 heavy (non-hydrogen) atoms. The Balaban J connectivity index is 1.68. The highest BCUT2D eigenvalue weighted by atomic mass is 32.1. The molecule has 5 nitrogen and oxygen atoms in total. The Labute approximate surface area is 179 Å². The van der Waals surface area contributed by atoms with Gasteiger partial charge in [0.1, 0.15) is 5.75 Å². The Morgan fingerprint density at radius 1 is 1.17 bits per heavy atom. The van der Waals surface area contributed by atoms with Gasteiger partial charge >= 0.3 is 6.03 Å².